The van der Waals surface area contributed by atoms with Crippen molar-refractivity contribution >= 4 is 0 Å². The average Bonchev–Trinajstić information content (AvgIpc) is 2.27. The highest BCUT2D eigenvalue weighted by Crippen LogP contribution is 2.34. The third-order valence-corrected chi connectivity index (χ3v) is 3.26. The Balaban J connectivity index is 3.09. The highest BCUT2D eigenvalue weighted by Gasteiger charge is 2.32. The van der Waals surface area contributed by atoms with Crippen LogP contribution in [0.5, 0.6) is 5.75 Å². The second kappa shape index (κ2) is 4.85. The van der Waals surface area contributed by atoms with Crippen molar-refractivity contribution in [3.63, 3.8) is 0 Å². The van der Waals surface area contributed by atoms with Gasteiger partial charge in [-0.25, -0.2) is 0 Å². The van der Waals surface area contributed by atoms with Crippen molar-refractivity contribution in [3.05, 3.63) is 29.8 Å². The van der Waals surface area contributed by atoms with Gasteiger partial charge in [-0.2, -0.15) is 0 Å². The van der Waals surface area contributed by atoms with Crippen molar-refractivity contribution in [3.8, 4) is 5.75 Å². The summed E-state index contributed by atoms with van der Waals surface area (Å²) in [6, 6.07) is 7.57. The zero-order valence-electron chi connectivity index (χ0n) is 10.7. The first-order valence-electron chi connectivity index (χ1n) is 5.39. The minimum Gasteiger partial charge on any atom is -0.496 e. The van der Waals surface area contributed by atoms with Gasteiger partial charge in [0.25, 0.3) is 0 Å². The highest BCUT2D eigenvalue weighted by atomic mass is 16.5. The first-order chi connectivity index (χ1) is 7.41. The van der Waals surface area contributed by atoms with Crippen molar-refractivity contribution in [2.45, 2.75) is 25.5 Å². The van der Waals surface area contributed by atoms with Crippen LogP contribution in [0.1, 0.15) is 25.5 Å². The number of rotatable bonds is 4. The van der Waals surface area contributed by atoms with E-state index in [2.05, 4.69) is 0 Å². The Labute approximate surface area is 97.7 Å². The molecule has 1 unspecified atom stereocenters. The van der Waals surface area contributed by atoms with Crippen molar-refractivity contribution in [2.24, 2.45) is 0 Å². The molecule has 0 aliphatic carbocycles. The van der Waals surface area contributed by atoms with Gasteiger partial charge in [-0.1, -0.05) is 18.2 Å². The molecule has 1 aromatic rings. The molecule has 0 amide bonds. The molecule has 0 radical (unpaired) electrons. The summed E-state index contributed by atoms with van der Waals surface area (Å²) in [7, 11) is 5.53. The molecule has 16 heavy (non-hydrogen) atoms. The molecular formula is C13H21NO2. The lowest BCUT2D eigenvalue weighted by Crippen LogP contribution is -2.43. The van der Waals surface area contributed by atoms with Crippen LogP contribution in [0, 0.1) is 0 Å². The molecule has 0 aromatic heterocycles. The first-order valence-corrected chi connectivity index (χ1v) is 5.39. The van der Waals surface area contributed by atoms with E-state index in [1.807, 2.05) is 57.1 Å². The number of para-hydroxylation sites is 1. The van der Waals surface area contributed by atoms with Crippen LogP contribution in [-0.4, -0.2) is 36.8 Å². The van der Waals surface area contributed by atoms with Gasteiger partial charge in [-0.05, 0) is 34.0 Å². The zero-order chi connectivity index (χ0) is 12.3. The zero-order valence-corrected chi connectivity index (χ0v) is 10.7. The molecule has 90 valence electrons. The molecule has 0 bridgehead atoms. The van der Waals surface area contributed by atoms with Crippen molar-refractivity contribution in [2.75, 3.05) is 21.2 Å². The van der Waals surface area contributed by atoms with Crippen LogP contribution in [0.25, 0.3) is 0 Å². The fourth-order valence-corrected chi connectivity index (χ4v) is 1.52. The van der Waals surface area contributed by atoms with Gasteiger partial charge < -0.3 is 14.7 Å². The van der Waals surface area contributed by atoms with Crippen LogP contribution in [-0.2, 0) is 0 Å². The summed E-state index contributed by atoms with van der Waals surface area (Å²) < 4.78 is 5.26. The smallest absolute Gasteiger partial charge is 0.124 e. The molecule has 3 nitrogen and oxygen atoms in total. The Morgan fingerprint density at radius 1 is 1.25 bits per heavy atom. The number of likely N-dealkylation sites (N-methyl/N-ethyl adjacent to an activating group) is 1. The minimum absolute atomic E-state index is 0.339. The quantitative estimate of drug-likeness (QED) is 0.848. The van der Waals surface area contributed by atoms with Crippen LogP contribution in [0.15, 0.2) is 24.3 Å². The summed E-state index contributed by atoms with van der Waals surface area (Å²) in [6.07, 6.45) is -0.585. The van der Waals surface area contributed by atoms with Gasteiger partial charge in [0.1, 0.15) is 11.9 Å². The lowest BCUT2D eigenvalue weighted by molar-refractivity contribution is 0.0150. The number of hydrogen-bond acceptors (Lipinski definition) is 3. The number of aliphatic hydroxyl groups excluding tert-OH is 1. The Hall–Kier alpha value is -1.06. The van der Waals surface area contributed by atoms with Crippen molar-refractivity contribution < 1.29 is 9.84 Å². The van der Waals surface area contributed by atoms with Crippen molar-refractivity contribution in [1.82, 2.24) is 4.90 Å². The maximum atomic E-state index is 10.4. The Kier molecular flexibility index (Phi) is 3.94. The van der Waals surface area contributed by atoms with Crippen LogP contribution < -0.4 is 4.74 Å². The molecule has 1 N–H and O–H groups in total. The number of hydrogen-bond donors (Lipinski definition) is 1. The van der Waals surface area contributed by atoms with Gasteiger partial charge in [0.05, 0.1) is 7.11 Å². The first kappa shape index (κ1) is 13.0. The van der Waals surface area contributed by atoms with E-state index in [0.29, 0.717) is 0 Å². The van der Waals surface area contributed by atoms with Gasteiger partial charge in [0.15, 0.2) is 0 Å². The SMILES string of the molecule is COc1ccccc1C(O)C(C)(C)N(C)C. The number of methoxy groups -OCH3 is 1. The van der Waals surface area contributed by atoms with Gasteiger partial charge >= 0.3 is 0 Å². The molecular weight excluding hydrogens is 202 g/mol. The van der Waals surface area contributed by atoms with E-state index in [1.54, 1.807) is 7.11 Å². The predicted octanol–water partition coefficient (Wildman–Crippen LogP) is 2.07. The van der Waals surface area contributed by atoms with Gasteiger partial charge in [-0.15, -0.1) is 0 Å². The summed E-state index contributed by atoms with van der Waals surface area (Å²) in [4.78, 5) is 2.00. The van der Waals surface area contributed by atoms with E-state index >= 15 is 0 Å². The fourth-order valence-electron chi connectivity index (χ4n) is 1.52. The molecule has 0 spiro atoms. The molecule has 1 atom stereocenters. The molecule has 0 heterocycles. The molecule has 0 saturated carbocycles. The Morgan fingerprint density at radius 3 is 2.31 bits per heavy atom. The lowest BCUT2D eigenvalue weighted by Gasteiger charge is -2.37. The maximum Gasteiger partial charge on any atom is 0.124 e. The Morgan fingerprint density at radius 2 is 1.81 bits per heavy atom. The monoisotopic (exact) mass is 223 g/mol. The average molecular weight is 223 g/mol. The highest BCUT2D eigenvalue weighted by molar-refractivity contribution is 5.36. The molecule has 0 aliphatic rings. The van der Waals surface area contributed by atoms with Crippen LogP contribution in [0.2, 0.25) is 0 Å². The van der Waals surface area contributed by atoms with E-state index in [-0.39, 0.29) is 5.54 Å². The molecule has 1 aromatic carbocycles. The second-order valence-corrected chi connectivity index (χ2v) is 4.69. The third-order valence-electron chi connectivity index (χ3n) is 3.26. The van der Waals surface area contributed by atoms with Crippen molar-refractivity contribution in [1.29, 1.82) is 0 Å². The standard InChI is InChI=1S/C13H21NO2/c1-13(2,14(3)4)12(15)10-8-6-7-9-11(10)16-5/h6-9,12,15H,1-5H3. The number of nitrogens with zero attached hydrogens (tertiary/aromatic N) is 1. The van der Waals surface area contributed by atoms with E-state index in [1.165, 1.54) is 0 Å². The molecule has 1 rings (SSSR count). The molecule has 0 aliphatic heterocycles. The second-order valence-electron chi connectivity index (χ2n) is 4.69. The largest absolute Gasteiger partial charge is 0.496 e. The summed E-state index contributed by atoms with van der Waals surface area (Å²) in [6.45, 7) is 4.01. The Bertz CT molecular complexity index is 348. The van der Waals surface area contributed by atoms with Crippen LogP contribution >= 0.6 is 0 Å². The van der Waals surface area contributed by atoms with Gasteiger partial charge in [-0.3, -0.25) is 0 Å². The van der Waals surface area contributed by atoms with Gasteiger partial charge in [0, 0.05) is 11.1 Å². The maximum absolute atomic E-state index is 10.4. The topological polar surface area (TPSA) is 32.7 Å². The number of ether oxygens (including phenoxy) is 1. The molecule has 3 heteroatoms. The summed E-state index contributed by atoms with van der Waals surface area (Å²) in [5.41, 5.74) is 0.484. The number of aliphatic hydroxyl groups is 1. The van der Waals surface area contributed by atoms with E-state index in [9.17, 15) is 5.11 Å². The normalized spacial score (nSPS) is 13.9. The van der Waals surface area contributed by atoms with Gasteiger partial charge in [0.2, 0.25) is 0 Å². The lowest BCUT2D eigenvalue weighted by atomic mass is 9.90. The summed E-state index contributed by atoms with van der Waals surface area (Å²) in [5, 5.41) is 10.4. The summed E-state index contributed by atoms with van der Waals surface area (Å²) >= 11 is 0. The van der Waals surface area contributed by atoms with E-state index in [0.717, 1.165) is 11.3 Å². The summed E-state index contributed by atoms with van der Waals surface area (Å²) in [5.74, 6) is 0.727. The molecule has 0 saturated heterocycles. The number of benzene rings is 1. The minimum atomic E-state index is -0.585. The fraction of sp³-hybridized carbons (Fsp3) is 0.538. The van der Waals surface area contributed by atoms with Crippen LogP contribution in [0.3, 0.4) is 0 Å². The predicted molar refractivity (Wildman–Crippen MR) is 65.7 cm³/mol. The van der Waals surface area contributed by atoms with E-state index < -0.39 is 6.10 Å². The van der Waals surface area contributed by atoms with Crippen LogP contribution in [0.4, 0.5) is 0 Å². The van der Waals surface area contributed by atoms with E-state index in [4.69, 9.17) is 4.74 Å². The molecule has 0 fully saturated rings. The third kappa shape index (κ3) is 2.36.